The zero-order valence-electron chi connectivity index (χ0n) is 20.1. The van der Waals surface area contributed by atoms with Gasteiger partial charge in [0.2, 0.25) is 5.78 Å². The highest BCUT2D eigenvalue weighted by Gasteiger charge is 2.44. The highest BCUT2D eigenvalue weighted by atomic mass is 35.5. The van der Waals surface area contributed by atoms with Gasteiger partial charge in [-0.25, -0.2) is 4.98 Å². The highest BCUT2D eigenvalue weighted by Crippen LogP contribution is 2.42. The van der Waals surface area contributed by atoms with Gasteiger partial charge in [0.25, 0.3) is 5.91 Å². The number of hydrogen-bond acceptors (Lipinski definition) is 6. The molecule has 186 valence electrons. The van der Waals surface area contributed by atoms with Crippen molar-refractivity contribution in [1.29, 1.82) is 0 Å². The van der Waals surface area contributed by atoms with Crippen LogP contribution in [0.4, 0.5) is 0 Å². The number of aliphatic hydroxyl groups excluding tert-OH is 1. The van der Waals surface area contributed by atoms with E-state index in [1.807, 2.05) is 48.5 Å². The number of halogens is 1. The van der Waals surface area contributed by atoms with Crippen LogP contribution >= 0.6 is 22.9 Å². The highest BCUT2D eigenvalue weighted by molar-refractivity contribution is 7.17. The summed E-state index contributed by atoms with van der Waals surface area (Å²) in [5, 5.41) is 12.3. The SMILES string of the molecule is COc1ccccc1CN1C(=O)C(O)=C(C(=O)c2sc(-c3ccccc3)nc2C)C1c1ccc(Cl)cc1. The molecule has 3 aromatic carbocycles. The summed E-state index contributed by atoms with van der Waals surface area (Å²) in [6, 6.07) is 23.0. The number of ether oxygens (including phenoxy) is 1. The average molecular weight is 531 g/mol. The summed E-state index contributed by atoms with van der Waals surface area (Å²) in [6.45, 7) is 1.89. The van der Waals surface area contributed by atoms with E-state index in [1.165, 1.54) is 16.2 Å². The molecule has 1 aliphatic rings. The molecule has 0 bridgehead atoms. The summed E-state index contributed by atoms with van der Waals surface area (Å²) < 4.78 is 5.47. The Morgan fingerprint density at radius 2 is 1.73 bits per heavy atom. The number of aryl methyl sites for hydroxylation is 1. The number of benzene rings is 3. The van der Waals surface area contributed by atoms with Gasteiger partial charge < -0.3 is 14.7 Å². The van der Waals surface area contributed by atoms with Crippen molar-refractivity contribution in [3.05, 3.63) is 117 Å². The Bertz CT molecular complexity index is 1510. The number of carbonyl (C=O) groups is 2. The zero-order valence-corrected chi connectivity index (χ0v) is 21.7. The van der Waals surface area contributed by atoms with E-state index in [1.54, 1.807) is 44.4 Å². The Morgan fingerprint density at radius 3 is 2.43 bits per heavy atom. The van der Waals surface area contributed by atoms with Crippen LogP contribution in [0.3, 0.4) is 0 Å². The largest absolute Gasteiger partial charge is 0.503 e. The quantitative estimate of drug-likeness (QED) is 0.274. The van der Waals surface area contributed by atoms with E-state index in [0.29, 0.717) is 31.9 Å². The van der Waals surface area contributed by atoms with Crippen molar-refractivity contribution in [2.24, 2.45) is 0 Å². The van der Waals surface area contributed by atoms with Crippen LogP contribution in [-0.4, -0.2) is 33.8 Å². The van der Waals surface area contributed by atoms with Crippen LogP contribution in [-0.2, 0) is 11.3 Å². The van der Waals surface area contributed by atoms with E-state index >= 15 is 0 Å². The van der Waals surface area contributed by atoms with E-state index in [4.69, 9.17) is 16.3 Å². The lowest BCUT2D eigenvalue weighted by Gasteiger charge is -2.27. The van der Waals surface area contributed by atoms with E-state index in [-0.39, 0.29) is 12.1 Å². The number of methoxy groups -OCH3 is 1. The number of aromatic nitrogens is 1. The molecule has 1 aliphatic heterocycles. The molecule has 1 aromatic heterocycles. The van der Waals surface area contributed by atoms with Crippen molar-refractivity contribution in [1.82, 2.24) is 9.88 Å². The number of amides is 1. The van der Waals surface area contributed by atoms with Crippen molar-refractivity contribution in [3.63, 3.8) is 0 Å². The lowest BCUT2D eigenvalue weighted by atomic mass is 9.95. The first-order chi connectivity index (χ1) is 17.9. The van der Waals surface area contributed by atoms with E-state index < -0.39 is 23.5 Å². The second-order valence-electron chi connectivity index (χ2n) is 8.59. The molecular weight excluding hydrogens is 508 g/mol. The van der Waals surface area contributed by atoms with E-state index in [2.05, 4.69) is 4.98 Å². The molecule has 1 unspecified atom stereocenters. The van der Waals surface area contributed by atoms with Gasteiger partial charge in [0.1, 0.15) is 10.8 Å². The number of nitrogens with zero attached hydrogens (tertiary/aromatic N) is 2. The number of Topliss-reactive ketones (excluding diaryl/α,β-unsaturated/α-hetero) is 1. The Labute approximate surface area is 223 Å². The van der Waals surface area contributed by atoms with Crippen LogP contribution in [0.5, 0.6) is 5.75 Å². The lowest BCUT2D eigenvalue weighted by molar-refractivity contribution is -0.130. The molecule has 6 nitrogen and oxygen atoms in total. The summed E-state index contributed by atoms with van der Waals surface area (Å²) in [5.41, 5.74) is 2.86. The van der Waals surface area contributed by atoms with Crippen LogP contribution in [0.25, 0.3) is 10.6 Å². The molecule has 0 fully saturated rings. The van der Waals surface area contributed by atoms with Gasteiger partial charge >= 0.3 is 0 Å². The minimum Gasteiger partial charge on any atom is -0.503 e. The fourth-order valence-electron chi connectivity index (χ4n) is 4.49. The minimum absolute atomic E-state index is 0.0218. The van der Waals surface area contributed by atoms with Crippen LogP contribution in [0.1, 0.15) is 32.5 Å². The van der Waals surface area contributed by atoms with Crippen molar-refractivity contribution in [2.75, 3.05) is 7.11 Å². The second kappa shape index (κ2) is 10.2. The first-order valence-electron chi connectivity index (χ1n) is 11.6. The van der Waals surface area contributed by atoms with Gasteiger partial charge in [0.05, 0.1) is 35.8 Å². The number of aliphatic hydroxyl groups is 1. The Kier molecular flexibility index (Phi) is 6.82. The van der Waals surface area contributed by atoms with E-state index in [9.17, 15) is 14.7 Å². The summed E-state index contributed by atoms with van der Waals surface area (Å²) in [5.74, 6) is -1.01. The maximum absolute atomic E-state index is 14.0. The van der Waals surface area contributed by atoms with Crippen LogP contribution in [0, 0.1) is 6.92 Å². The summed E-state index contributed by atoms with van der Waals surface area (Å²) in [7, 11) is 1.56. The predicted octanol–water partition coefficient (Wildman–Crippen LogP) is 6.56. The Hall–Kier alpha value is -3.94. The first kappa shape index (κ1) is 24.7. The monoisotopic (exact) mass is 530 g/mol. The number of ketones is 1. The van der Waals surface area contributed by atoms with Gasteiger partial charge in [0.15, 0.2) is 5.76 Å². The molecule has 0 radical (unpaired) electrons. The smallest absolute Gasteiger partial charge is 0.290 e. The number of hydrogen-bond donors (Lipinski definition) is 1. The fraction of sp³-hybridized carbons (Fsp3) is 0.138. The van der Waals surface area contributed by atoms with Gasteiger partial charge in [-0.3, -0.25) is 9.59 Å². The maximum atomic E-state index is 14.0. The number of rotatable bonds is 7. The molecule has 0 aliphatic carbocycles. The number of carbonyl (C=O) groups excluding carboxylic acids is 2. The zero-order chi connectivity index (χ0) is 26.1. The molecule has 5 rings (SSSR count). The third-order valence-electron chi connectivity index (χ3n) is 6.29. The van der Waals surface area contributed by atoms with E-state index in [0.717, 1.165) is 11.1 Å². The average Bonchev–Trinajstić information content (AvgIpc) is 3.42. The fourth-order valence-corrected chi connectivity index (χ4v) is 5.64. The van der Waals surface area contributed by atoms with Gasteiger partial charge in [0, 0.05) is 16.1 Å². The molecule has 0 saturated carbocycles. The standard InChI is InChI=1S/C29H23ClN2O4S/c1-17-27(37-28(31-17)19-8-4-3-5-9-19)25(33)23-24(18-12-14-21(30)15-13-18)32(29(35)26(23)34)16-20-10-6-7-11-22(20)36-2/h3-15,24,34H,16H2,1-2H3. The van der Waals surface area contributed by atoms with Crippen LogP contribution in [0.15, 0.2) is 90.2 Å². The molecular formula is C29H23ClN2O4S. The summed E-state index contributed by atoms with van der Waals surface area (Å²) in [6.07, 6.45) is 0. The van der Waals surface area contributed by atoms with Gasteiger partial charge in [-0.05, 0) is 30.7 Å². The summed E-state index contributed by atoms with van der Waals surface area (Å²) in [4.78, 5) is 33.8. The molecule has 2 heterocycles. The Morgan fingerprint density at radius 1 is 1.05 bits per heavy atom. The molecule has 8 heteroatoms. The second-order valence-corrected chi connectivity index (χ2v) is 10.0. The number of para-hydroxylation sites is 1. The molecule has 1 amide bonds. The number of thiazole rings is 1. The topological polar surface area (TPSA) is 79.7 Å². The van der Waals surface area contributed by atoms with Gasteiger partial charge in [-0.2, -0.15) is 0 Å². The third kappa shape index (κ3) is 4.63. The minimum atomic E-state index is -0.816. The molecule has 1 atom stereocenters. The van der Waals surface area contributed by atoms with Gasteiger partial charge in [-0.1, -0.05) is 72.3 Å². The summed E-state index contributed by atoms with van der Waals surface area (Å²) >= 11 is 7.37. The molecule has 0 spiro atoms. The third-order valence-corrected chi connectivity index (χ3v) is 7.75. The molecule has 1 N–H and O–H groups in total. The lowest BCUT2D eigenvalue weighted by Crippen LogP contribution is -2.30. The van der Waals surface area contributed by atoms with Crippen molar-refractivity contribution >= 4 is 34.6 Å². The Balaban J connectivity index is 1.59. The van der Waals surface area contributed by atoms with Crippen LogP contribution in [0.2, 0.25) is 5.02 Å². The molecule has 4 aromatic rings. The maximum Gasteiger partial charge on any atom is 0.290 e. The first-order valence-corrected chi connectivity index (χ1v) is 12.8. The molecule has 0 saturated heterocycles. The predicted molar refractivity (Wildman–Crippen MR) is 144 cm³/mol. The normalized spacial score (nSPS) is 15.4. The van der Waals surface area contributed by atoms with Crippen LogP contribution < -0.4 is 4.74 Å². The van der Waals surface area contributed by atoms with Crippen molar-refractivity contribution in [3.8, 4) is 16.3 Å². The molecule has 37 heavy (non-hydrogen) atoms. The van der Waals surface area contributed by atoms with Crippen molar-refractivity contribution in [2.45, 2.75) is 19.5 Å². The van der Waals surface area contributed by atoms with Gasteiger partial charge in [-0.15, -0.1) is 11.3 Å². The van der Waals surface area contributed by atoms with Crippen molar-refractivity contribution < 1.29 is 19.4 Å².